The first-order valence-corrected chi connectivity index (χ1v) is 11.1. The summed E-state index contributed by atoms with van der Waals surface area (Å²) >= 11 is 0. The Kier molecular flexibility index (Phi) is 6.09. The minimum Gasteiger partial charge on any atom is -0.361 e. The highest BCUT2D eigenvalue weighted by Crippen LogP contribution is 2.40. The number of nitrogens with zero attached hydrogens (tertiary/aromatic N) is 5. The van der Waals surface area contributed by atoms with Crippen molar-refractivity contribution in [3.8, 4) is 0 Å². The molecule has 30 heavy (non-hydrogen) atoms. The largest absolute Gasteiger partial charge is 0.361 e. The van der Waals surface area contributed by atoms with E-state index in [9.17, 15) is 4.79 Å². The number of aromatic nitrogens is 3. The number of hydrogen-bond acceptors (Lipinski definition) is 5. The van der Waals surface area contributed by atoms with Crippen LogP contribution in [0, 0.1) is 18.8 Å². The third-order valence-electron chi connectivity index (χ3n) is 6.88. The molecule has 162 valence electrons. The molecule has 1 saturated heterocycles. The molecule has 1 aliphatic carbocycles. The third-order valence-corrected chi connectivity index (χ3v) is 6.88. The van der Waals surface area contributed by atoms with Crippen LogP contribution >= 0.6 is 0 Å². The van der Waals surface area contributed by atoms with Crippen LogP contribution in [0.1, 0.15) is 53.7 Å². The van der Waals surface area contributed by atoms with E-state index in [4.69, 9.17) is 4.52 Å². The Balaban J connectivity index is 1.35. The summed E-state index contributed by atoms with van der Waals surface area (Å²) in [6, 6.07) is 2.06. The quantitative estimate of drug-likeness (QED) is 0.654. The molecule has 0 bridgehead atoms. The van der Waals surface area contributed by atoms with Gasteiger partial charge in [0.1, 0.15) is 5.76 Å². The molecule has 3 atom stereocenters. The van der Waals surface area contributed by atoms with Gasteiger partial charge in [0, 0.05) is 50.4 Å². The average Bonchev–Trinajstić information content (AvgIpc) is 3.45. The van der Waals surface area contributed by atoms with E-state index in [1.54, 1.807) is 6.07 Å². The predicted molar refractivity (Wildman–Crippen MR) is 115 cm³/mol. The smallest absolute Gasteiger partial charge is 0.276 e. The van der Waals surface area contributed by atoms with Crippen LogP contribution < -0.4 is 0 Å². The summed E-state index contributed by atoms with van der Waals surface area (Å²) in [6.07, 6.45) is 8.13. The number of amides is 1. The van der Waals surface area contributed by atoms with Gasteiger partial charge in [-0.15, -0.1) is 6.58 Å². The Hall–Kier alpha value is -2.41. The molecule has 2 aromatic rings. The number of carbonyl (C=O) groups is 1. The molecule has 4 rings (SSSR count). The molecule has 1 saturated carbocycles. The zero-order valence-electron chi connectivity index (χ0n) is 18.4. The van der Waals surface area contributed by atoms with E-state index in [1.165, 1.54) is 12.0 Å². The van der Waals surface area contributed by atoms with Gasteiger partial charge in [-0.1, -0.05) is 18.2 Å². The van der Waals surface area contributed by atoms with Crippen molar-refractivity contribution in [1.82, 2.24) is 24.7 Å². The Morgan fingerprint density at radius 3 is 2.93 bits per heavy atom. The summed E-state index contributed by atoms with van der Waals surface area (Å²) in [4.78, 5) is 17.3. The molecule has 1 amide bonds. The van der Waals surface area contributed by atoms with Gasteiger partial charge in [0.25, 0.3) is 5.91 Å². The highest BCUT2D eigenvalue weighted by atomic mass is 16.5. The van der Waals surface area contributed by atoms with Gasteiger partial charge in [0.15, 0.2) is 5.69 Å². The summed E-state index contributed by atoms with van der Waals surface area (Å²) in [5, 5.41) is 8.55. The molecule has 0 spiro atoms. The predicted octanol–water partition coefficient (Wildman–Crippen LogP) is 3.30. The van der Waals surface area contributed by atoms with Crippen LogP contribution in [0.25, 0.3) is 0 Å². The minimum atomic E-state index is -0.0239. The second-order valence-corrected chi connectivity index (χ2v) is 8.87. The van der Waals surface area contributed by atoms with Crippen molar-refractivity contribution < 1.29 is 9.32 Å². The van der Waals surface area contributed by atoms with E-state index in [2.05, 4.69) is 34.9 Å². The van der Waals surface area contributed by atoms with Crippen molar-refractivity contribution in [2.45, 2.75) is 58.7 Å². The first-order chi connectivity index (χ1) is 14.5. The van der Waals surface area contributed by atoms with Gasteiger partial charge in [-0.3, -0.25) is 14.4 Å². The Morgan fingerprint density at radius 2 is 2.20 bits per heavy atom. The van der Waals surface area contributed by atoms with Crippen LogP contribution in [0.2, 0.25) is 0 Å². The molecule has 1 aliphatic heterocycles. The molecule has 0 radical (unpaired) electrons. The van der Waals surface area contributed by atoms with E-state index in [1.807, 2.05) is 29.6 Å². The first kappa shape index (κ1) is 20.8. The number of rotatable bonds is 7. The molecule has 0 unspecified atom stereocenters. The van der Waals surface area contributed by atoms with E-state index >= 15 is 0 Å². The van der Waals surface area contributed by atoms with E-state index < -0.39 is 0 Å². The van der Waals surface area contributed by atoms with Crippen LogP contribution in [0.4, 0.5) is 0 Å². The van der Waals surface area contributed by atoms with Crippen LogP contribution in [0.5, 0.6) is 0 Å². The maximum atomic E-state index is 12.8. The minimum absolute atomic E-state index is 0.0239. The SMILES string of the molecule is C=CCn1cc(CN2CC[C@@H]3C[C@H](N(C)C(=O)c4cc(CC)on4)C[C@@H]3C2)c(C)n1. The lowest BCUT2D eigenvalue weighted by Gasteiger charge is -2.34. The zero-order valence-corrected chi connectivity index (χ0v) is 18.4. The van der Waals surface area contributed by atoms with Gasteiger partial charge in [0.2, 0.25) is 0 Å². The summed E-state index contributed by atoms with van der Waals surface area (Å²) in [5.41, 5.74) is 2.83. The van der Waals surface area contributed by atoms with Gasteiger partial charge in [-0.05, 0) is 44.6 Å². The van der Waals surface area contributed by atoms with Gasteiger partial charge < -0.3 is 9.42 Å². The van der Waals surface area contributed by atoms with Crippen LogP contribution in [0.3, 0.4) is 0 Å². The average molecular weight is 412 g/mol. The molecule has 3 heterocycles. The number of fused-ring (bicyclic) bond motifs is 1. The van der Waals surface area contributed by atoms with E-state index in [-0.39, 0.29) is 11.9 Å². The molecular weight excluding hydrogens is 378 g/mol. The summed E-state index contributed by atoms with van der Waals surface area (Å²) in [7, 11) is 1.92. The molecule has 7 nitrogen and oxygen atoms in total. The molecule has 0 N–H and O–H groups in total. The normalized spacial score (nSPS) is 24.0. The summed E-state index contributed by atoms with van der Waals surface area (Å²) in [5.74, 6) is 2.08. The van der Waals surface area contributed by atoms with Crippen molar-refractivity contribution in [3.63, 3.8) is 0 Å². The lowest BCUT2D eigenvalue weighted by Crippen LogP contribution is -2.38. The van der Waals surface area contributed by atoms with Gasteiger partial charge in [-0.25, -0.2) is 0 Å². The maximum absolute atomic E-state index is 12.8. The second-order valence-electron chi connectivity index (χ2n) is 8.87. The molecule has 7 heteroatoms. The van der Waals surface area contributed by atoms with Gasteiger partial charge in [-0.2, -0.15) is 5.10 Å². The number of likely N-dealkylation sites (tertiary alicyclic amines) is 1. The fraction of sp³-hybridized carbons (Fsp3) is 0.609. The molecule has 2 aromatic heterocycles. The summed E-state index contributed by atoms with van der Waals surface area (Å²) in [6.45, 7) is 11.8. The molecule has 0 aromatic carbocycles. The number of hydrogen-bond donors (Lipinski definition) is 0. The van der Waals surface area contributed by atoms with Crippen molar-refractivity contribution in [2.24, 2.45) is 11.8 Å². The fourth-order valence-corrected chi connectivity index (χ4v) is 5.10. The van der Waals surface area contributed by atoms with Gasteiger partial charge >= 0.3 is 0 Å². The number of carbonyl (C=O) groups excluding carboxylic acids is 1. The lowest BCUT2D eigenvalue weighted by molar-refractivity contribution is 0.0720. The Bertz CT molecular complexity index is 901. The van der Waals surface area contributed by atoms with Crippen molar-refractivity contribution >= 4 is 5.91 Å². The Labute approximate surface area is 178 Å². The number of piperidine rings is 1. The van der Waals surface area contributed by atoms with Crippen molar-refractivity contribution in [1.29, 1.82) is 0 Å². The van der Waals surface area contributed by atoms with Crippen LogP contribution in [-0.2, 0) is 19.5 Å². The lowest BCUT2D eigenvalue weighted by atomic mass is 9.88. The Morgan fingerprint density at radius 1 is 1.40 bits per heavy atom. The third kappa shape index (κ3) is 4.21. The maximum Gasteiger partial charge on any atom is 0.276 e. The highest BCUT2D eigenvalue weighted by molar-refractivity contribution is 5.92. The number of allylic oxidation sites excluding steroid dienone is 1. The van der Waals surface area contributed by atoms with E-state index in [0.29, 0.717) is 17.5 Å². The zero-order chi connectivity index (χ0) is 21.3. The second kappa shape index (κ2) is 8.76. The highest BCUT2D eigenvalue weighted by Gasteiger charge is 2.41. The fourth-order valence-electron chi connectivity index (χ4n) is 5.10. The van der Waals surface area contributed by atoms with Gasteiger partial charge in [0.05, 0.1) is 12.2 Å². The monoisotopic (exact) mass is 411 g/mol. The molecule has 2 fully saturated rings. The summed E-state index contributed by atoms with van der Waals surface area (Å²) < 4.78 is 7.19. The van der Waals surface area contributed by atoms with E-state index in [0.717, 1.165) is 56.9 Å². The first-order valence-electron chi connectivity index (χ1n) is 11.1. The van der Waals surface area contributed by atoms with Crippen LogP contribution in [0.15, 0.2) is 29.4 Å². The molecule has 2 aliphatic rings. The number of aryl methyl sites for hydroxylation is 2. The standard InChI is InChI=1S/C23H33N5O2/c1-5-8-28-15-19(16(3)24-28)14-27-9-7-17-10-20(11-18(17)13-27)26(4)23(29)22-12-21(6-2)30-25-22/h5,12,15,17-18,20H,1,6-11,13-14H2,2-4H3/t17-,18-,20+/m1/s1. The van der Waals surface area contributed by atoms with Crippen molar-refractivity contribution in [2.75, 3.05) is 20.1 Å². The topological polar surface area (TPSA) is 67.4 Å². The van der Waals surface area contributed by atoms with Crippen molar-refractivity contribution in [3.05, 3.63) is 47.6 Å². The van der Waals surface area contributed by atoms with Crippen LogP contribution in [-0.4, -0.2) is 56.8 Å². The molecular formula is C23H33N5O2.